The number of hydrogen-bond donors (Lipinski definition) is 1. The van der Waals surface area contributed by atoms with Crippen LogP contribution in [0.3, 0.4) is 0 Å². The Kier molecular flexibility index (Phi) is 4.59. The third-order valence-corrected chi connectivity index (χ3v) is 2.71. The normalized spacial score (nSPS) is 10.9. The second kappa shape index (κ2) is 6.40. The largest absolute Gasteiger partial charge is 0.493 e. The third kappa shape index (κ3) is 3.15. The lowest BCUT2D eigenvalue weighted by atomic mass is 10.3. The summed E-state index contributed by atoms with van der Waals surface area (Å²) in [7, 11) is 4.85. The fourth-order valence-electron chi connectivity index (χ4n) is 1.77. The summed E-state index contributed by atoms with van der Waals surface area (Å²) in [6.07, 6.45) is 0. The Morgan fingerprint density at radius 3 is 2.47 bits per heavy atom. The van der Waals surface area contributed by atoms with Gasteiger partial charge < -0.3 is 23.9 Å². The molecular weight excluding hydrogens is 248 g/mol. The van der Waals surface area contributed by atoms with E-state index < -0.39 is 0 Å². The highest BCUT2D eigenvalue weighted by molar-refractivity contribution is 5.79. The summed E-state index contributed by atoms with van der Waals surface area (Å²) in [6.45, 7) is 1.53. The average molecular weight is 266 g/mol. The number of ether oxygens (including phenoxy) is 4. The molecular formula is C13H18N2O4. The maximum atomic E-state index is 5.42. The predicted molar refractivity (Wildman–Crippen MR) is 70.7 cm³/mol. The molecule has 0 aliphatic rings. The van der Waals surface area contributed by atoms with Crippen LogP contribution < -0.4 is 9.47 Å². The van der Waals surface area contributed by atoms with Crippen LogP contribution in [0.2, 0.25) is 0 Å². The lowest BCUT2D eigenvalue weighted by Crippen LogP contribution is -2.02. The third-order valence-electron chi connectivity index (χ3n) is 2.71. The number of rotatable bonds is 7. The lowest BCUT2D eigenvalue weighted by molar-refractivity contribution is 0.0590. The summed E-state index contributed by atoms with van der Waals surface area (Å²) in [5, 5.41) is 0. The highest BCUT2D eigenvalue weighted by atomic mass is 16.5. The number of methoxy groups -OCH3 is 3. The van der Waals surface area contributed by atoms with Crippen molar-refractivity contribution in [2.24, 2.45) is 0 Å². The molecule has 0 aliphatic carbocycles. The minimum absolute atomic E-state index is 0.419. The molecule has 0 saturated carbocycles. The van der Waals surface area contributed by atoms with Gasteiger partial charge in [-0.3, -0.25) is 0 Å². The number of nitrogens with zero attached hydrogens (tertiary/aromatic N) is 1. The molecule has 0 aliphatic heterocycles. The Morgan fingerprint density at radius 1 is 1.05 bits per heavy atom. The number of H-pyrrole nitrogens is 1. The van der Waals surface area contributed by atoms with Crippen molar-refractivity contribution >= 4 is 11.0 Å². The van der Waals surface area contributed by atoms with Crippen molar-refractivity contribution < 1.29 is 18.9 Å². The van der Waals surface area contributed by atoms with Crippen molar-refractivity contribution in [2.75, 3.05) is 34.5 Å². The van der Waals surface area contributed by atoms with Crippen LogP contribution in [0, 0.1) is 0 Å². The lowest BCUT2D eigenvalue weighted by Gasteiger charge is -2.06. The molecule has 1 aromatic carbocycles. The summed E-state index contributed by atoms with van der Waals surface area (Å²) in [6, 6.07) is 3.70. The molecule has 1 heterocycles. The Morgan fingerprint density at radius 2 is 1.79 bits per heavy atom. The minimum atomic E-state index is 0.419. The monoisotopic (exact) mass is 266 g/mol. The van der Waals surface area contributed by atoms with Crippen LogP contribution in [-0.4, -0.2) is 44.5 Å². The van der Waals surface area contributed by atoms with Crippen molar-refractivity contribution in [3.05, 3.63) is 18.0 Å². The molecule has 0 saturated heterocycles. The molecule has 0 bridgehead atoms. The number of aromatic nitrogens is 2. The molecule has 1 N–H and O–H groups in total. The zero-order valence-corrected chi connectivity index (χ0v) is 11.4. The molecule has 1 aromatic heterocycles. The second-order valence-corrected chi connectivity index (χ2v) is 3.95. The van der Waals surface area contributed by atoms with Crippen LogP contribution in [-0.2, 0) is 16.1 Å². The minimum Gasteiger partial charge on any atom is -0.493 e. The van der Waals surface area contributed by atoms with E-state index in [9.17, 15) is 0 Å². The van der Waals surface area contributed by atoms with E-state index in [0.29, 0.717) is 31.3 Å². The number of fused-ring (bicyclic) bond motifs is 1. The summed E-state index contributed by atoms with van der Waals surface area (Å²) < 4.78 is 20.8. The standard InChI is InChI=1S/C13H18N2O4/c1-16-4-5-19-8-13-14-9-6-11(17-2)12(18-3)7-10(9)15-13/h6-7H,4-5,8H2,1-3H3,(H,14,15). The van der Waals surface area contributed by atoms with Crippen molar-refractivity contribution in [1.29, 1.82) is 0 Å². The van der Waals surface area contributed by atoms with Gasteiger partial charge in [-0.05, 0) is 0 Å². The van der Waals surface area contributed by atoms with Crippen molar-refractivity contribution in [1.82, 2.24) is 9.97 Å². The van der Waals surface area contributed by atoms with E-state index in [1.807, 2.05) is 12.1 Å². The fourth-order valence-corrected chi connectivity index (χ4v) is 1.77. The molecule has 6 heteroatoms. The van der Waals surface area contributed by atoms with Gasteiger partial charge in [0.15, 0.2) is 11.5 Å². The molecule has 0 atom stereocenters. The van der Waals surface area contributed by atoms with Crippen LogP contribution in [0.5, 0.6) is 11.5 Å². The average Bonchev–Trinajstić information content (AvgIpc) is 2.83. The van der Waals surface area contributed by atoms with Gasteiger partial charge in [0, 0.05) is 19.2 Å². The first-order valence-electron chi connectivity index (χ1n) is 5.95. The van der Waals surface area contributed by atoms with Gasteiger partial charge in [0.2, 0.25) is 0 Å². The van der Waals surface area contributed by atoms with Gasteiger partial charge in [-0.2, -0.15) is 0 Å². The van der Waals surface area contributed by atoms with E-state index in [2.05, 4.69) is 9.97 Å². The van der Waals surface area contributed by atoms with E-state index in [-0.39, 0.29) is 0 Å². The van der Waals surface area contributed by atoms with Crippen LogP contribution in [0.25, 0.3) is 11.0 Å². The number of aromatic amines is 1. The van der Waals surface area contributed by atoms with E-state index in [1.165, 1.54) is 0 Å². The summed E-state index contributed by atoms with van der Waals surface area (Å²) in [4.78, 5) is 7.62. The molecule has 0 amide bonds. The Balaban J connectivity index is 2.15. The highest BCUT2D eigenvalue weighted by Crippen LogP contribution is 2.31. The fraction of sp³-hybridized carbons (Fsp3) is 0.462. The van der Waals surface area contributed by atoms with Crippen LogP contribution in [0.15, 0.2) is 12.1 Å². The molecule has 0 radical (unpaired) electrons. The van der Waals surface area contributed by atoms with E-state index in [4.69, 9.17) is 18.9 Å². The summed E-state index contributed by atoms with van der Waals surface area (Å²) in [5.41, 5.74) is 1.71. The predicted octanol–water partition coefficient (Wildman–Crippen LogP) is 1.74. The number of benzene rings is 1. The molecule has 19 heavy (non-hydrogen) atoms. The zero-order chi connectivity index (χ0) is 13.7. The Bertz CT molecular complexity index is 498. The SMILES string of the molecule is COCCOCc1nc2cc(OC)c(OC)cc2[nH]1. The Labute approximate surface area is 111 Å². The van der Waals surface area contributed by atoms with Crippen LogP contribution in [0.1, 0.15) is 5.82 Å². The van der Waals surface area contributed by atoms with Gasteiger partial charge in [0.1, 0.15) is 12.4 Å². The first kappa shape index (κ1) is 13.6. The molecule has 0 unspecified atom stereocenters. The molecule has 0 spiro atoms. The summed E-state index contributed by atoms with van der Waals surface area (Å²) >= 11 is 0. The van der Waals surface area contributed by atoms with E-state index in [0.717, 1.165) is 16.9 Å². The van der Waals surface area contributed by atoms with Crippen LogP contribution >= 0.6 is 0 Å². The quantitative estimate of drug-likeness (QED) is 0.773. The molecule has 2 rings (SSSR count). The molecule has 0 fully saturated rings. The van der Waals surface area contributed by atoms with Gasteiger partial charge in [-0.25, -0.2) is 4.98 Å². The number of nitrogens with one attached hydrogen (secondary N) is 1. The maximum Gasteiger partial charge on any atom is 0.163 e. The maximum absolute atomic E-state index is 5.42. The second-order valence-electron chi connectivity index (χ2n) is 3.95. The van der Waals surface area contributed by atoms with E-state index >= 15 is 0 Å². The van der Waals surface area contributed by atoms with Gasteiger partial charge in [0.25, 0.3) is 0 Å². The first-order valence-corrected chi connectivity index (χ1v) is 5.95. The molecule has 6 nitrogen and oxygen atoms in total. The van der Waals surface area contributed by atoms with Crippen molar-refractivity contribution in [3.63, 3.8) is 0 Å². The topological polar surface area (TPSA) is 65.6 Å². The van der Waals surface area contributed by atoms with Crippen molar-refractivity contribution in [2.45, 2.75) is 6.61 Å². The Hall–Kier alpha value is -1.79. The number of hydrogen-bond acceptors (Lipinski definition) is 5. The molecule has 104 valence electrons. The molecule has 2 aromatic rings. The van der Waals surface area contributed by atoms with E-state index in [1.54, 1.807) is 21.3 Å². The number of imidazole rings is 1. The smallest absolute Gasteiger partial charge is 0.163 e. The highest BCUT2D eigenvalue weighted by Gasteiger charge is 2.09. The summed E-state index contributed by atoms with van der Waals surface area (Å²) in [5.74, 6) is 2.10. The van der Waals surface area contributed by atoms with Crippen LogP contribution in [0.4, 0.5) is 0 Å². The van der Waals surface area contributed by atoms with Gasteiger partial charge in [-0.15, -0.1) is 0 Å². The van der Waals surface area contributed by atoms with Gasteiger partial charge in [0.05, 0.1) is 38.5 Å². The van der Waals surface area contributed by atoms with Gasteiger partial charge in [-0.1, -0.05) is 0 Å². The van der Waals surface area contributed by atoms with Gasteiger partial charge >= 0.3 is 0 Å². The zero-order valence-electron chi connectivity index (χ0n) is 11.4. The van der Waals surface area contributed by atoms with Crippen molar-refractivity contribution in [3.8, 4) is 11.5 Å². The first-order chi connectivity index (χ1) is 9.28.